The molecule has 0 aliphatic heterocycles. The Labute approximate surface area is 114 Å². The molecule has 1 aromatic heterocycles. The first kappa shape index (κ1) is 13.5. The number of amides is 1. The fourth-order valence-corrected chi connectivity index (χ4v) is 1.63. The summed E-state index contributed by atoms with van der Waals surface area (Å²) in [6, 6.07) is 7.50. The topological polar surface area (TPSA) is 111 Å². The molecule has 20 heavy (non-hydrogen) atoms. The summed E-state index contributed by atoms with van der Waals surface area (Å²) in [5.74, 6) is -0.398. The summed E-state index contributed by atoms with van der Waals surface area (Å²) in [5, 5.41) is 13.4. The van der Waals surface area contributed by atoms with E-state index in [2.05, 4.69) is 10.3 Å². The van der Waals surface area contributed by atoms with Gasteiger partial charge in [-0.2, -0.15) is 0 Å². The monoisotopic (exact) mass is 272 g/mol. The van der Waals surface area contributed by atoms with E-state index in [1.807, 2.05) is 0 Å². The predicted octanol–water partition coefficient (Wildman–Crippen LogP) is 1.50. The summed E-state index contributed by atoms with van der Waals surface area (Å²) >= 11 is 0. The molecule has 102 valence electrons. The summed E-state index contributed by atoms with van der Waals surface area (Å²) in [7, 11) is 0. The Balaban J connectivity index is 2.10. The van der Waals surface area contributed by atoms with Crippen LogP contribution in [0.15, 0.2) is 42.7 Å². The molecule has 0 fully saturated rings. The molecule has 1 amide bonds. The highest BCUT2D eigenvalue weighted by molar-refractivity contribution is 5.95. The largest absolute Gasteiger partial charge is 0.393 e. The van der Waals surface area contributed by atoms with Crippen LogP contribution in [0.4, 0.5) is 11.4 Å². The normalized spacial score (nSPS) is 10.0. The van der Waals surface area contributed by atoms with Gasteiger partial charge in [0.05, 0.1) is 4.92 Å². The summed E-state index contributed by atoms with van der Waals surface area (Å²) in [5.41, 5.74) is 6.31. The Morgan fingerprint density at radius 3 is 2.65 bits per heavy atom. The van der Waals surface area contributed by atoms with Crippen LogP contribution in [-0.2, 0) is 6.54 Å². The van der Waals surface area contributed by atoms with E-state index in [-0.39, 0.29) is 16.9 Å². The van der Waals surface area contributed by atoms with Crippen LogP contribution in [0.5, 0.6) is 0 Å². The van der Waals surface area contributed by atoms with Crippen molar-refractivity contribution >= 4 is 17.3 Å². The number of rotatable bonds is 4. The predicted molar refractivity (Wildman–Crippen MR) is 72.9 cm³/mol. The van der Waals surface area contributed by atoms with Gasteiger partial charge < -0.3 is 11.1 Å². The zero-order valence-electron chi connectivity index (χ0n) is 10.4. The first-order valence-corrected chi connectivity index (χ1v) is 5.79. The molecule has 1 aromatic carbocycles. The first-order valence-electron chi connectivity index (χ1n) is 5.79. The molecule has 0 bridgehead atoms. The molecular formula is C13H12N4O3. The highest BCUT2D eigenvalue weighted by Gasteiger charge is 2.15. The first-order chi connectivity index (χ1) is 9.58. The Morgan fingerprint density at radius 2 is 2.00 bits per heavy atom. The molecule has 0 saturated heterocycles. The van der Waals surface area contributed by atoms with Gasteiger partial charge in [0.15, 0.2) is 0 Å². The van der Waals surface area contributed by atoms with Gasteiger partial charge in [-0.1, -0.05) is 0 Å². The van der Waals surface area contributed by atoms with Crippen LogP contribution in [0.1, 0.15) is 15.9 Å². The minimum Gasteiger partial charge on any atom is -0.393 e. The molecule has 2 aromatic rings. The number of nitro groups is 1. The second-order valence-corrected chi connectivity index (χ2v) is 4.07. The van der Waals surface area contributed by atoms with Gasteiger partial charge >= 0.3 is 0 Å². The molecule has 7 heteroatoms. The van der Waals surface area contributed by atoms with Crippen LogP contribution in [0.2, 0.25) is 0 Å². The number of nitrogens with one attached hydrogen (secondary N) is 1. The van der Waals surface area contributed by atoms with E-state index in [1.165, 1.54) is 12.1 Å². The van der Waals surface area contributed by atoms with E-state index in [9.17, 15) is 14.9 Å². The summed E-state index contributed by atoms with van der Waals surface area (Å²) in [6.07, 6.45) is 3.24. The molecule has 0 aliphatic carbocycles. The maximum Gasteiger partial charge on any atom is 0.292 e. The number of nitro benzene ring substituents is 1. The summed E-state index contributed by atoms with van der Waals surface area (Å²) in [4.78, 5) is 25.9. The number of pyridine rings is 1. The number of benzene rings is 1. The third-order valence-corrected chi connectivity index (χ3v) is 2.69. The molecule has 0 spiro atoms. The lowest BCUT2D eigenvalue weighted by atomic mass is 10.1. The average molecular weight is 272 g/mol. The highest BCUT2D eigenvalue weighted by atomic mass is 16.6. The Bertz CT molecular complexity index is 643. The number of carbonyl (C=O) groups is 1. The smallest absolute Gasteiger partial charge is 0.292 e. The molecule has 0 aliphatic rings. The molecule has 7 nitrogen and oxygen atoms in total. The number of nitrogen functional groups attached to an aromatic ring is 1. The fourth-order valence-electron chi connectivity index (χ4n) is 1.63. The van der Waals surface area contributed by atoms with Crippen molar-refractivity contribution in [1.29, 1.82) is 0 Å². The van der Waals surface area contributed by atoms with Gasteiger partial charge in [0.25, 0.3) is 11.6 Å². The van der Waals surface area contributed by atoms with Gasteiger partial charge in [-0.25, -0.2) is 0 Å². The zero-order valence-corrected chi connectivity index (χ0v) is 10.4. The van der Waals surface area contributed by atoms with Crippen molar-refractivity contribution in [2.75, 3.05) is 5.73 Å². The number of hydrogen-bond acceptors (Lipinski definition) is 5. The number of anilines is 1. The van der Waals surface area contributed by atoms with Crippen molar-refractivity contribution in [2.45, 2.75) is 6.54 Å². The van der Waals surface area contributed by atoms with Crippen LogP contribution in [0.3, 0.4) is 0 Å². The summed E-state index contributed by atoms with van der Waals surface area (Å²) < 4.78 is 0. The standard InChI is InChI=1S/C13H12N4O3/c14-11-2-1-10(7-12(11)17(19)20)13(18)16-8-9-3-5-15-6-4-9/h1-7H,8,14H2,(H,16,18). The van der Waals surface area contributed by atoms with E-state index < -0.39 is 10.8 Å². The fraction of sp³-hybridized carbons (Fsp3) is 0.0769. The van der Waals surface area contributed by atoms with Crippen molar-refractivity contribution < 1.29 is 9.72 Å². The molecular weight excluding hydrogens is 260 g/mol. The minimum absolute atomic E-state index is 0.0284. The van der Waals surface area contributed by atoms with Crippen LogP contribution >= 0.6 is 0 Å². The van der Waals surface area contributed by atoms with Gasteiger partial charge in [-0.15, -0.1) is 0 Å². The van der Waals surface area contributed by atoms with Crippen LogP contribution in [-0.4, -0.2) is 15.8 Å². The molecule has 0 radical (unpaired) electrons. The van der Waals surface area contributed by atoms with E-state index in [1.54, 1.807) is 24.5 Å². The average Bonchev–Trinajstić information content (AvgIpc) is 2.46. The van der Waals surface area contributed by atoms with Gasteiger partial charge in [-0.3, -0.25) is 19.9 Å². The molecule has 2 rings (SSSR count). The van der Waals surface area contributed by atoms with Crippen molar-refractivity contribution in [3.63, 3.8) is 0 Å². The van der Waals surface area contributed by atoms with Crippen LogP contribution < -0.4 is 11.1 Å². The number of aromatic nitrogens is 1. The van der Waals surface area contributed by atoms with Crippen LogP contribution in [0.25, 0.3) is 0 Å². The maximum absolute atomic E-state index is 11.9. The van der Waals surface area contributed by atoms with E-state index in [0.29, 0.717) is 6.54 Å². The van der Waals surface area contributed by atoms with Crippen molar-refractivity contribution in [2.24, 2.45) is 0 Å². The second-order valence-electron chi connectivity index (χ2n) is 4.07. The Kier molecular flexibility index (Phi) is 3.90. The molecule has 0 unspecified atom stereocenters. The van der Waals surface area contributed by atoms with Gasteiger partial charge in [0, 0.05) is 30.6 Å². The van der Waals surface area contributed by atoms with Crippen molar-refractivity contribution in [3.05, 3.63) is 64.0 Å². The lowest BCUT2D eigenvalue weighted by molar-refractivity contribution is -0.383. The SMILES string of the molecule is Nc1ccc(C(=O)NCc2ccncc2)cc1[N+](=O)[O-]. The Morgan fingerprint density at radius 1 is 1.30 bits per heavy atom. The van der Waals surface area contributed by atoms with Crippen molar-refractivity contribution in [3.8, 4) is 0 Å². The lowest BCUT2D eigenvalue weighted by Gasteiger charge is -2.06. The van der Waals surface area contributed by atoms with E-state index >= 15 is 0 Å². The zero-order chi connectivity index (χ0) is 14.5. The second kappa shape index (κ2) is 5.79. The highest BCUT2D eigenvalue weighted by Crippen LogP contribution is 2.22. The number of hydrogen-bond donors (Lipinski definition) is 2. The van der Waals surface area contributed by atoms with Gasteiger partial charge in [0.1, 0.15) is 5.69 Å². The third kappa shape index (κ3) is 3.08. The third-order valence-electron chi connectivity index (χ3n) is 2.69. The summed E-state index contributed by atoms with van der Waals surface area (Å²) in [6.45, 7) is 0.319. The lowest BCUT2D eigenvalue weighted by Crippen LogP contribution is -2.22. The minimum atomic E-state index is -0.616. The van der Waals surface area contributed by atoms with Crippen molar-refractivity contribution in [1.82, 2.24) is 10.3 Å². The van der Waals surface area contributed by atoms with Crippen LogP contribution in [0, 0.1) is 10.1 Å². The quantitative estimate of drug-likeness (QED) is 0.497. The van der Waals surface area contributed by atoms with Gasteiger partial charge in [0.2, 0.25) is 0 Å². The number of nitrogens with zero attached hydrogens (tertiary/aromatic N) is 2. The number of carbonyl (C=O) groups excluding carboxylic acids is 1. The molecule has 0 saturated carbocycles. The molecule has 3 N–H and O–H groups in total. The Hall–Kier alpha value is -2.96. The molecule has 1 heterocycles. The number of nitrogens with two attached hydrogens (primary N) is 1. The van der Waals surface area contributed by atoms with Gasteiger partial charge in [-0.05, 0) is 29.8 Å². The maximum atomic E-state index is 11.9. The molecule has 0 atom stereocenters. The van der Waals surface area contributed by atoms with E-state index in [0.717, 1.165) is 11.6 Å². The van der Waals surface area contributed by atoms with E-state index in [4.69, 9.17) is 5.73 Å².